The van der Waals surface area contributed by atoms with E-state index in [4.69, 9.17) is 4.98 Å². The Morgan fingerprint density at radius 2 is 1.93 bits per heavy atom. The quantitative estimate of drug-likeness (QED) is 0.730. The second-order valence-electron chi connectivity index (χ2n) is 8.54. The van der Waals surface area contributed by atoms with E-state index in [1.54, 1.807) is 4.90 Å². The topological polar surface area (TPSA) is 56.8 Å². The fourth-order valence-corrected chi connectivity index (χ4v) is 5.01. The molecule has 0 unspecified atom stereocenters. The van der Waals surface area contributed by atoms with Gasteiger partial charge in [0.1, 0.15) is 0 Å². The van der Waals surface area contributed by atoms with Crippen LogP contribution in [0.15, 0.2) is 23.6 Å². The van der Waals surface area contributed by atoms with Crippen molar-refractivity contribution in [2.24, 2.45) is 5.92 Å². The lowest BCUT2D eigenvalue weighted by Gasteiger charge is -2.31. The highest BCUT2D eigenvalue weighted by Crippen LogP contribution is 2.34. The van der Waals surface area contributed by atoms with Gasteiger partial charge in [-0.25, -0.2) is 4.98 Å². The van der Waals surface area contributed by atoms with Crippen LogP contribution < -0.4 is 9.80 Å². The Morgan fingerprint density at radius 3 is 2.67 bits per heavy atom. The summed E-state index contributed by atoms with van der Waals surface area (Å²) in [6.07, 6.45) is 4.30. The van der Waals surface area contributed by atoms with E-state index in [9.17, 15) is 9.59 Å². The number of carbonyl (C=O) groups excluding carboxylic acids is 2. The Bertz CT molecular complexity index is 933. The number of hydrogen-bond acceptors (Lipinski definition) is 5. The molecule has 0 aliphatic carbocycles. The lowest BCUT2D eigenvalue weighted by molar-refractivity contribution is -0.121. The molecule has 0 radical (unpaired) electrons. The molecule has 1 fully saturated rings. The van der Waals surface area contributed by atoms with Crippen LogP contribution in [0.1, 0.15) is 38.7 Å². The SMILES string of the molecule is CC(C)C(=O)N1CCCc2cc(-c3csc(N(C)C(=O)CN4CCCC4)n3)ccc21. The van der Waals surface area contributed by atoms with E-state index in [0.29, 0.717) is 6.54 Å². The molecule has 0 atom stereocenters. The molecule has 2 aromatic rings. The molecule has 0 N–H and O–H groups in total. The third kappa shape index (κ3) is 4.27. The van der Waals surface area contributed by atoms with Crippen molar-refractivity contribution in [1.82, 2.24) is 9.88 Å². The molecular weight excluding hydrogens is 396 g/mol. The van der Waals surface area contributed by atoms with Gasteiger partial charge in [0.05, 0.1) is 12.2 Å². The summed E-state index contributed by atoms with van der Waals surface area (Å²) in [7, 11) is 1.81. The number of anilines is 2. The molecule has 0 spiro atoms. The number of rotatable bonds is 5. The summed E-state index contributed by atoms with van der Waals surface area (Å²) in [5.41, 5.74) is 4.14. The lowest BCUT2D eigenvalue weighted by Crippen LogP contribution is -2.38. The van der Waals surface area contributed by atoms with Crippen molar-refractivity contribution in [3.05, 3.63) is 29.1 Å². The van der Waals surface area contributed by atoms with Crippen LogP contribution in [0.25, 0.3) is 11.3 Å². The molecule has 7 heteroatoms. The normalized spacial score (nSPS) is 16.7. The zero-order valence-electron chi connectivity index (χ0n) is 18.1. The van der Waals surface area contributed by atoms with Crippen LogP contribution in [0.3, 0.4) is 0 Å². The van der Waals surface area contributed by atoms with Gasteiger partial charge in [-0.05, 0) is 56.5 Å². The highest BCUT2D eigenvalue weighted by atomic mass is 32.1. The molecule has 1 aromatic carbocycles. The number of fused-ring (bicyclic) bond motifs is 1. The van der Waals surface area contributed by atoms with Gasteiger partial charge >= 0.3 is 0 Å². The number of hydrogen-bond donors (Lipinski definition) is 0. The van der Waals surface area contributed by atoms with Crippen molar-refractivity contribution in [3.8, 4) is 11.3 Å². The van der Waals surface area contributed by atoms with Crippen LogP contribution in [0, 0.1) is 5.92 Å². The van der Waals surface area contributed by atoms with Crippen molar-refractivity contribution in [2.75, 3.05) is 43.0 Å². The van der Waals surface area contributed by atoms with E-state index in [1.165, 1.54) is 29.7 Å². The molecule has 3 heterocycles. The fraction of sp³-hybridized carbons (Fsp3) is 0.522. The van der Waals surface area contributed by atoms with Gasteiger partial charge in [-0.15, -0.1) is 11.3 Å². The number of benzene rings is 1. The lowest BCUT2D eigenvalue weighted by atomic mass is 9.97. The average molecular weight is 427 g/mol. The molecule has 4 rings (SSSR count). The van der Waals surface area contributed by atoms with Crippen LogP contribution in [-0.2, 0) is 16.0 Å². The molecular formula is C23H30N4O2S. The van der Waals surface area contributed by atoms with Gasteiger partial charge in [-0.3, -0.25) is 19.4 Å². The number of carbonyl (C=O) groups is 2. The molecule has 1 saturated heterocycles. The minimum absolute atomic E-state index is 0.00893. The Labute approximate surface area is 182 Å². The van der Waals surface area contributed by atoms with Gasteiger partial charge in [0.25, 0.3) is 0 Å². The first kappa shape index (κ1) is 21.0. The molecule has 6 nitrogen and oxygen atoms in total. The summed E-state index contributed by atoms with van der Waals surface area (Å²) in [5.74, 6) is 0.259. The maximum atomic E-state index is 12.6. The molecule has 160 valence electrons. The Balaban J connectivity index is 1.51. The molecule has 0 bridgehead atoms. The first-order chi connectivity index (χ1) is 14.4. The molecule has 1 aromatic heterocycles. The summed E-state index contributed by atoms with van der Waals surface area (Å²) in [5, 5.41) is 2.74. The third-order valence-corrected chi connectivity index (χ3v) is 6.88. The number of amides is 2. The predicted octanol–water partition coefficient (Wildman–Crippen LogP) is 3.80. The molecule has 0 saturated carbocycles. The molecule has 2 amide bonds. The van der Waals surface area contributed by atoms with Crippen molar-refractivity contribution in [2.45, 2.75) is 39.5 Å². The predicted molar refractivity (Wildman–Crippen MR) is 122 cm³/mol. The van der Waals surface area contributed by atoms with Gasteiger partial charge in [-0.1, -0.05) is 19.9 Å². The second kappa shape index (κ2) is 8.86. The minimum atomic E-state index is -0.00893. The number of thiazole rings is 1. The van der Waals surface area contributed by atoms with E-state index in [2.05, 4.69) is 11.0 Å². The van der Waals surface area contributed by atoms with Crippen molar-refractivity contribution in [3.63, 3.8) is 0 Å². The second-order valence-corrected chi connectivity index (χ2v) is 9.38. The summed E-state index contributed by atoms with van der Waals surface area (Å²) in [6.45, 7) is 7.16. The highest BCUT2D eigenvalue weighted by molar-refractivity contribution is 7.14. The van der Waals surface area contributed by atoms with E-state index in [1.807, 2.05) is 43.3 Å². The first-order valence-electron chi connectivity index (χ1n) is 10.8. The first-order valence-corrected chi connectivity index (χ1v) is 11.7. The number of aromatic nitrogens is 1. The van der Waals surface area contributed by atoms with Gasteiger partial charge in [0, 0.05) is 36.1 Å². The average Bonchev–Trinajstić information content (AvgIpc) is 3.44. The Morgan fingerprint density at radius 1 is 1.17 bits per heavy atom. The maximum absolute atomic E-state index is 12.6. The van der Waals surface area contributed by atoms with Gasteiger partial charge in [0.2, 0.25) is 11.8 Å². The molecule has 2 aliphatic rings. The summed E-state index contributed by atoms with van der Waals surface area (Å²) >= 11 is 1.50. The van der Waals surface area contributed by atoms with Crippen LogP contribution in [0.4, 0.5) is 10.8 Å². The Kier molecular flexibility index (Phi) is 6.20. The molecule has 30 heavy (non-hydrogen) atoms. The van der Waals surface area contributed by atoms with E-state index in [0.717, 1.165) is 54.6 Å². The van der Waals surface area contributed by atoms with Crippen LogP contribution >= 0.6 is 11.3 Å². The van der Waals surface area contributed by atoms with Crippen LogP contribution in [0.2, 0.25) is 0 Å². The monoisotopic (exact) mass is 426 g/mol. The molecule has 2 aliphatic heterocycles. The zero-order valence-corrected chi connectivity index (χ0v) is 18.9. The smallest absolute Gasteiger partial charge is 0.242 e. The van der Waals surface area contributed by atoms with Crippen LogP contribution in [0.5, 0.6) is 0 Å². The standard InChI is InChI=1S/C23H30N4O2S/c1-16(2)22(29)27-12-6-7-18-13-17(8-9-20(18)27)19-15-30-23(24-19)25(3)21(28)14-26-10-4-5-11-26/h8-9,13,15-16H,4-7,10-12,14H2,1-3H3. The van der Waals surface area contributed by atoms with Crippen molar-refractivity contribution >= 4 is 34.0 Å². The minimum Gasteiger partial charge on any atom is -0.312 e. The van der Waals surface area contributed by atoms with Gasteiger partial charge < -0.3 is 4.90 Å². The van der Waals surface area contributed by atoms with E-state index in [-0.39, 0.29) is 17.7 Å². The number of likely N-dealkylation sites (tertiary alicyclic amines) is 1. The largest absolute Gasteiger partial charge is 0.312 e. The van der Waals surface area contributed by atoms with Crippen molar-refractivity contribution in [1.29, 1.82) is 0 Å². The third-order valence-electron chi connectivity index (χ3n) is 5.96. The van der Waals surface area contributed by atoms with Crippen LogP contribution in [-0.4, -0.2) is 54.9 Å². The maximum Gasteiger partial charge on any atom is 0.242 e. The number of nitrogens with zero attached hydrogens (tertiary/aromatic N) is 4. The van der Waals surface area contributed by atoms with Gasteiger partial charge in [-0.2, -0.15) is 0 Å². The number of aryl methyl sites for hydroxylation is 1. The number of likely N-dealkylation sites (N-methyl/N-ethyl adjacent to an activating group) is 1. The van der Waals surface area contributed by atoms with Gasteiger partial charge in [0.15, 0.2) is 5.13 Å². The Hall–Kier alpha value is -2.25. The highest BCUT2D eigenvalue weighted by Gasteiger charge is 2.25. The summed E-state index contributed by atoms with van der Waals surface area (Å²) in [6, 6.07) is 6.24. The summed E-state index contributed by atoms with van der Waals surface area (Å²) < 4.78 is 0. The zero-order chi connectivity index (χ0) is 21.3. The fourth-order valence-electron chi connectivity index (χ4n) is 4.19. The van der Waals surface area contributed by atoms with Crippen molar-refractivity contribution < 1.29 is 9.59 Å². The van der Waals surface area contributed by atoms with E-state index >= 15 is 0 Å². The van der Waals surface area contributed by atoms with E-state index < -0.39 is 0 Å². The summed E-state index contributed by atoms with van der Waals surface area (Å²) in [4.78, 5) is 35.7.